The quantitative estimate of drug-likeness (QED) is 0.401. The molecule has 1 aliphatic rings. The first-order chi connectivity index (χ1) is 15.9. The van der Waals surface area contributed by atoms with Gasteiger partial charge in [-0.25, -0.2) is 28.4 Å². The van der Waals surface area contributed by atoms with Crippen LogP contribution in [0.1, 0.15) is 39.7 Å². The van der Waals surface area contributed by atoms with Gasteiger partial charge < -0.3 is 15.2 Å². The standard InChI is InChI=1S/C21H25N9O2S/c1-4-22-21-26-16-11-24-19(9-17(16)30(21)13(2)3)27-18-7-8-23-20(28-18)14-10-25-29(12-14)33(31,32)15-5-6-15/h7-13,15H,4-6H2,1-3H3,(H,22,26)(H,23,24,27,28). The highest BCUT2D eigenvalue weighted by atomic mass is 32.2. The number of nitrogens with zero attached hydrogens (tertiary/aromatic N) is 7. The highest BCUT2D eigenvalue weighted by Crippen LogP contribution is 2.30. The van der Waals surface area contributed by atoms with Crippen LogP contribution >= 0.6 is 0 Å². The number of imidazole rings is 1. The van der Waals surface area contributed by atoms with Crippen LogP contribution in [0.5, 0.6) is 0 Å². The van der Waals surface area contributed by atoms with Gasteiger partial charge in [0.05, 0.1) is 34.9 Å². The van der Waals surface area contributed by atoms with E-state index in [9.17, 15) is 8.42 Å². The summed E-state index contributed by atoms with van der Waals surface area (Å²) in [5.74, 6) is 2.33. The molecule has 1 aliphatic carbocycles. The van der Waals surface area contributed by atoms with Gasteiger partial charge >= 0.3 is 0 Å². The largest absolute Gasteiger partial charge is 0.356 e. The summed E-state index contributed by atoms with van der Waals surface area (Å²) in [6.45, 7) is 7.02. The summed E-state index contributed by atoms with van der Waals surface area (Å²) in [5, 5.41) is 10.2. The van der Waals surface area contributed by atoms with Crippen molar-refractivity contribution in [2.75, 3.05) is 17.2 Å². The predicted octanol–water partition coefficient (Wildman–Crippen LogP) is 3.18. The first kappa shape index (κ1) is 21.3. The summed E-state index contributed by atoms with van der Waals surface area (Å²) < 4.78 is 28.0. The van der Waals surface area contributed by atoms with Crippen LogP contribution in [0.15, 0.2) is 36.9 Å². The molecule has 0 unspecified atom stereocenters. The van der Waals surface area contributed by atoms with Crippen molar-refractivity contribution in [2.24, 2.45) is 0 Å². The second kappa shape index (κ2) is 8.10. The maximum atomic E-state index is 12.4. The predicted molar refractivity (Wildman–Crippen MR) is 126 cm³/mol. The van der Waals surface area contributed by atoms with Crippen molar-refractivity contribution >= 4 is 38.6 Å². The molecule has 5 rings (SSSR count). The summed E-state index contributed by atoms with van der Waals surface area (Å²) in [5.41, 5.74) is 2.29. The van der Waals surface area contributed by atoms with Crippen molar-refractivity contribution in [1.29, 1.82) is 0 Å². The summed E-state index contributed by atoms with van der Waals surface area (Å²) in [4.78, 5) is 17.9. The molecule has 4 heterocycles. The highest BCUT2D eigenvalue weighted by Gasteiger charge is 2.37. The molecular formula is C21H25N9O2S. The summed E-state index contributed by atoms with van der Waals surface area (Å²) >= 11 is 0. The average molecular weight is 468 g/mol. The number of anilines is 3. The Morgan fingerprint density at radius 1 is 1.15 bits per heavy atom. The van der Waals surface area contributed by atoms with Crippen molar-refractivity contribution in [3.63, 3.8) is 0 Å². The number of aromatic nitrogens is 7. The monoisotopic (exact) mass is 467 g/mol. The van der Waals surface area contributed by atoms with Gasteiger partial charge in [-0.05, 0) is 39.7 Å². The Balaban J connectivity index is 1.43. The van der Waals surface area contributed by atoms with Crippen LogP contribution in [-0.2, 0) is 10.0 Å². The summed E-state index contributed by atoms with van der Waals surface area (Å²) in [7, 11) is -3.43. The Bertz CT molecular complexity index is 1420. The molecule has 0 atom stereocenters. The Kier molecular flexibility index (Phi) is 5.23. The average Bonchev–Trinajstić information content (AvgIpc) is 3.41. The molecule has 1 saturated carbocycles. The van der Waals surface area contributed by atoms with Crippen LogP contribution in [0.2, 0.25) is 0 Å². The molecule has 12 heteroatoms. The van der Waals surface area contributed by atoms with E-state index in [0.717, 1.165) is 27.6 Å². The van der Waals surface area contributed by atoms with Gasteiger partial charge in [-0.3, -0.25) is 0 Å². The molecule has 0 aliphatic heterocycles. The fourth-order valence-electron chi connectivity index (χ4n) is 3.65. The highest BCUT2D eigenvalue weighted by molar-refractivity contribution is 7.90. The zero-order chi connectivity index (χ0) is 23.2. The van der Waals surface area contributed by atoms with E-state index in [1.807, 2.05) is 13.0 Å². The number of pyridine rings is 1. The Hall–Kier alpha value is -3.54. The molecule has 0 radical (unpaired) electrons. The van der Waals surface area contributed by atoms with Crippen LogP contribution < -0.4 is 10.6 Å². The van der Waals surface area contributed by atoms with Crippen LogP contribution in [0.4, 0.5) is 17.6 Å². The van der Waals surface area contributed by atoms with Gasteiger partial charge in [0.25, 0.3) is 10.0 Å². The lowest BCUT2D eigenvalue weighted by atomic mass is 10.3. The minimum absolute atomic E-state index is 0.216. The third kappa shape index (κ3) is 4.01. The molecule has 1 fully saturated rings. The molecule has 2 N–H and O–H groups in total. The lowest BCUT2D eigenvalue weighted by Gasteiger charge is -2.13. The number of rotatable bonds is 8. The summed E-state index contributed by atoms with van der Waals surface area (Å²) in [6.07, 6.45) is 7.62. The van der Waals surface area contributed by atoms with E-state index >= 15 is 0 Å². The smallest absolute Gasteiger partial charge is 0.256 e. The molecule has 0 spiro atoms. The van der Waals surface area contributed by atoms with Crippen molar-refractivity contribution in [3.05, 3.63) is 36.9 Å². The Morgan fingerprint density at radius 3 is 2.70 bits per heavy atom. The van der Waals surface area contributed by atoms with Gasteiger partial charge in [0.1, 0.15) is 17.2 Å². The van der Waals surface area contributed by atoms with E-state index in [2.05, 4.69) is 54.1 Å². The maximum absolute atomic E-state index is 12.4. The second-order valence-corrected chi connectivity index (χ2v) is 10.3. The van der Waals surface area contributed by atoms with Crippen LogP contribution in [-0.4, -0.2) is 53.9 Å². The van der Waals surface area contributed by atoms with E-state index in [-0.39, 0.29) is 11.3 Å². The van der Waals surface area contributed by atoms with E-state index in [4.69, 9.17) is 0 Å². The van der Waals surface area contributed by atoms with E-state index < -0.39 is 10.0 Å². The molecule has 0 amide bonds. The Morgan fingerprint density at radius 2 is 1.97 bits per heavy atom. The van der Waals surface area contributed by atoms with Gasteiger partial charge in [0.2, 0.25) is 5.95 Å². The van der Waals surface area contributed by atoms with Gasteiger partial charge in [-0.15, -0.1) is 0 Å². The topological polar surface area (TPSA) is 133 Å². The number of nitrogens with one attached hydrogen (secondary N) is 2. The number of hydrogen-bond donors (Lipinski definition) is 2. The first-order valence-corrected chi connectivity index (χ1v) is 12.4. The lowest BCUT2D eigenvalue weighted by molar-refractivity contribution is 0.578. The van der Waals surface area contributed by atoms with Gasteiger partial charge in [-0.2, -0.15) is 9.19 Å². The minimum atomic E-state index is -3.43. The third-order valence-corrected chi connectivity index (χ3v) is 7.40. The van der Waals surface area contributed by atoms with Crippen LogP contribution in [0.3, 0.4) is 0 Å². The molecular weight excluding hydrogens is 442 g/mol. The molecule has 11 nitrogen and oxygen atoms in total. The number of hydrogen-bond acceptors (Lipinski definition) is 9. The second-order valence-electron chi connectivity index (χ2n) is 8.22. The zero-order valence-electron chi connectivity index (χ0n) is 18.6. The molecule has 0 aromatic carbocycles. The van der Waals surface area contributed by atoms with Crippen LogP contribution in [0.25, 0.3) is 22.4 Å². The Labute approximate surface area is 191 Å². The van der Waals surface area contributed by atoms with Gasteiger partial charge in [0.15, 0.2) is 5.82 Å². The van der Waals surface area contributed by atoms with Crippen molar-refractivity contribution < 1.29 is 8.42 Å². The SMILES string of the molecule is CCNc1nc2cnc(Nc3ccnc(-c4cnn(S(=O)(=O)C5CC5)c4)n3)cc2n1C(C)C. The fraction of sp³-hybridized carbons (Fsp3) is 0.381. The molecule has 4 aromatic heterocycles. The van der Waals surface area contributed by atoms with Crippen LogP contribution in [0, 0.1) is 0 Å². The third-order valence-electron chi connectivity index (χ3n) is 5.36. The molecule has 0 saturated heterocycles. The van der Waals surface area contributed by atoms with Gasteiger partial charge in [0, 0.05) is 24.8 Å². The van der Waals surface area contributed by atoms with Crippen molar-refractivity contribution in [3.8, 4) is 11.4 Å². The summed E-state index contributed by atoms with van der Waals surface area (Å²) in [6, 6.07) is 3.88. The zero-order valence-corrected chi connectivity index (χ0v) is 19.4. The molecule has 33 heavy (non-hydrogen) atoms. The minimum Gasteiger partial charge on any atom is -0.356 e. The number of fused-ring (bicyclic) bond motifs is 1. The molecule has 172 valence electrons. The molecule has 4 aromatic rings. The lowest BCUT2D eigenvalue weighted by Crippen LogP contribution is -2.17. The van der Waals surface area contributed by atoms with E-state index in [1.165, 1.54) is 12.4 Å². The van der Waals surface area contributed by atoms with E-state index in [1.54, 1.807) is 18.5 Å². The molecule has 0 bridgehead atoms. The fourth-order valence-corrected chi connectivity index (χ4v) is 5.13. The van der Waals surface area contributed by atoms with Crippen molar-refractivity contribution in [1.82, 2.24) is 33.7 Å². The van der Waals surface area contributed by atoms with Crippen molar-refractivity contribution in [2.45, 2.75) is 44.9 Å². The maximum Gasteiger partial charge on any atom is 0.256 e. The van der Waals surface area contributed by atoms with E-state index in [0.29, 0.717) is 35.9 Å². The van der Waals surface area contributed by atoms with Gasteiger partial charge in [-0.1, -0.05) is 0 Å². The first-order valence-electron chi connectivity index (χ1n) is 10.9. The normalized spacial score (nSPS) is 14.2.